The van der Waals surface area contributed by atoms with E-state index < -0.39 is 0 Å². The minimum Gasteiger partial charge on any atom is -0.361 e. The van der Waals surface area contributed by atoms with Gasteiger partial charge in [-0.25, -0.2) is 0 Å². The number of piperidine rings is 1. The molecule has 2 heterocycles. The standard InChI is InChI=1S/C15H25N3O2S.ClH/c1-11-13(12(2)20-18-11)8-21-9-14(19)17-10-15(3)4-6-16-7-5-15;/h16H,4-10H2,1-3H3,(H,17,19);1H. The quantitative estimate of drug-likeness (QED) is 0.827. The van der Waals surface area contributed by atoms with Crippen LogP contribution in [0.25, 0.3) is 0 Å². The minimum atomic E-state index is 0. The van der Waals surface area contributed by atoms with Crippen LogP contribution in [-0.4, -0.2) is 36.5 Å². The van der Waals surface area contributed by atoms with Crippen LogP contribution in [-0.2, 0) is 10.5 Å². The van der Waals surface area contributed by atoms with Crippen LogP contribution in [0.15, 0.2) is 4.52 Å². The number of carbonyl (C=O) groups excluding carboxylic acids is 1. The molecule has 1 amide bonds. The number of thioether (sulfide) groups is 1. The van der Waals surface area contributed by atoms with E-state index in [0.29, 0.717) is 5.75 Å². The van der Waals surface area contributed by atoms with E-state index in [0.717, 1.165) is 55.2 Å². The maximum atomic E-state index is 11.9. The van der Waals surface area contributed by atoms with Crippen molar-refractivity contribution >= 4 is 30.1 Å². The van der Waals surface area contributed by atoms with Crippen molar-refractivity contribution in [3.8, 4) is 0 Å². The predicted molar refractivity (Wildman–Crippen MR) is 92.6 cm³/mol. The summed E-state index contributed by atoms with van der Waals surface area (Å²) in [5.74, 6) is 2.22. The molecule has 0 radical (unpaired) electrons. The summed E-state index contributed by atoms with van der Waals surface area (Å²) < 4.78 is 5.12. The van der Waals surface area contributed by atoms with Crippen molar-refractivity contribution in [2.24, 2.45) is 5.41 Å². The second-order valence-corrected chi connectivity index (χ2v) is 7.12. The number of hydrogen-bond donors (Lipinski definition) is 2. The van der Waals surface area contributed by atoms with E-state index in [1.807, 2.05) is 13.8 Å². The van der Waals surface area contributed by atoms with Crippen LogP contribution in [0.3, 0.4) is 0 Å². The van der Waals surface area contributed by atoms with Gasteiger partial charge in [0.05, 0.1) is 11.4 Å². The Kier molecular flexibility index (Phi) is 7.72. The van der Waals surface area contributed by atoms with Gasteiger partial charge in [-0.15, -0.1) is 24.2 Å². The van der Waals surface area contributed by atoms with E-state index in [2.05, 4.69) is 22.7 Å². The molecule has 1 aliphatic heterocycles. The fourth-order valence-electron chi connectivity index (χ4n) is 2.52. The molecule has 2 N–H and O–H groups in total. The van der Waals surface area contributed by atoms with Crippen molar-refractivity contribution in [3.63, 3.8) is 0 Å². The van der Waals surface area contributed by atoms with E-state index in [-0.39, 0.29) is 23.7 Å². The molecule has 0 unspecified atom stereocenters. The normalized spacial score (nSPS) is 16.9. The van der Waals surface area contributed by atoms with Crippen molar-refractivity contribution in [3.05, 3.63) is 17.0 Å². The van der Waals surface area contributed by atoms with Crippen LogP contribution in [0, 0.1) is 19.3 Å². The van der Waals surface area contributed by atoms with Crippen molar-refractivity contribution < 1.29 is 9.32 Å². The van der Waals surface area contributed by atoms with Crippen LogP contribution in [0.4, 0.5) is 0 Å². The first-order valence-electron chi connectivity index (χ1n) is 7.47. The number of amides is 1. The van der Waals surface area contributed by atoms with Gasteiger partial charge in [-0.3, -0.25) is 4.79 Å². The lowest BCUT2D eigenvalue weighted by molar-refractivity contribution is -0.119. The fraction of sp³-hybridized carbons (Fsp3) is 0.733. The zero-order chi connectivity index (χ0) is 15.3. The van der Waals surface area contributed by atoms with Gasteiger partial charge < -0.3 is 15.2 Å². The highest BCUT2D eigenvalue weighted by Crippen LogP contribution is 2.26. The summed E-state index contributed by atoms with van der Waals surface area (Å²) in [6.45, 7) is 8.98. The molecule has 0 saturated carbocycles. The fourth-order valence-corrected chi connectivity index (χ4v) is 3.53. The minimum absolute atomic E-state index is 0. The summed E-state index contributed by atoms with van der Waals surface area (Å²) in [6, 6.07) is 0. The molecule has 1 saturated heterocycles. The van der Waals surface area contributed by atoms with Crippen LogP contribution >= 0.6 is 24.2 Å². The summed E-state index contributed by atoms with van der Waals surface area (Å²) >= 11 is 1.61. The topological polar surface area (TPSA) is 67.2 Å². The first-order chi connectivity index (χ1) is 10.0. The lowest BCUT2D eigenvalue weighted by Gasteiger charge is -2.34. The Morgan fingerprint density at radius 2 is 2.09 bits per heavy atom. The zero-order valence-corrected chi connectivity index (χ0v) is 15.2. The third-order valence-electron chi connectivity index (χ3n) is 4.18. The van der Waals surface area contributed by atoms with E-state index in [4.69, 9.17) is 4.52 Å². The van der Waals surface area contributed by atoms with Gasteiger partial charge in [0.15, 0.2) is 0 Å². The molecule has 1 aliphatic rings. The number of halogens is 1. The van der Waals surface area contributed by atoms with Crippen LogP contribution in [0.2, 0.25) is 0 Å². The van der Waals surface area contributed by atoms with Gasteiger partial charge in [-0.05, 0) is 45.2 Å². The van der Waals surface area contributed by atoms with Crippen molar-refractivity contribution in [2.75, 3.05) is 25.4 Å². The number of nitrogens with zero attached hydrogens (tertiary/aromatic N) is 1. The van der Waals surface area contributed by atoms with Gasteiger partial charge in [0.25, 0.3) is 0 Å². The summed E-state index contributed by atoms with van der Waals surface area (Å²) in [5, 5.41) is 10.4. The van der Waals surface area contributed by atoms with Gasteiger partial charge in [0.2, 0.25) is 5.91 Å². The molecule has 22 heavy (non-hydrogen) atoms. The van der Waals surface area contributed by atoms with E-state index in [1.165, 1.54) is 0 Å². The molecule has 2 rings (SSSR count). The van der Waals surface area contributed by atoms with E-state index in [9.17, 15) is 4.79 Å². The lowest BCUT2D eigenvalue weighted by Crippen LogP contribution is -2.43. The first-order valence-corrected chi connectivity index (χ1v) is 8.62. The Hall–Kier alpha value is -0.720. The SMILES string of the molecule is Cc1noc(C)c1CSCC(=O)NCC1(C)CCNCC1.Cl. The van der Waals surface area contributed by atoms with Crippen LogP contribution < -0.4 is 10.6 Å². The van der Waals surface area contributed by atoms with Crippen molar-refractivity contribution in [2.45, 2.75) is 39.4 Å². The molecular weight excluding hydrogens is 322 g/mol. The Balaban J connectivity index is 0.00000242. The van der Waals surface area contributed by atoms with Crippen molar-refractivity contribution in [1.82, 2.24) is 15.8 Å². The molecule has 1 aromatic rings. The summed E-state index contributed by atoms with van der Waals surface area (Å²) in [5.41, 5.74) is 2.27. The maximum Gasteiger partial charge on any atom is 0.230 e. The largest absolute Gasteiger partial charge is 0.361 e. The third kappa shape index (κ3) is 5.48. The monoisotopic (exact) mass is 347 g/mol. The van der Waals surface area contributed by atoms with Gasteiger partial charge in [-0.2, -0.15) is 0 Å². The van der Waals surface area contributed by atoms with Gasteiger partial charge in [-0.1, -0.05) is 12.1 Å². The molecule has 0 bridgehead atoms. The van der Waals surface area contributed by atoms with Crippen molar-refractivity contribution in [1.29, 1.82) is 0 Å². The second-order valence-electron chi connectivity index (χ2n) is 6.13. The Morgan fingerprint density at radius 1 is 1.41 bits per heavy atom. The van der Waals surface area contributed by atoms with Crippen LogP contribution in [0.5, 0.6) is 0 Å². The molecule has 1 aromatic heterocycles. The number of hydrogen-bond acceptors (Lipinski definition) is 5. The molecule has 5 nitrogen and oxygen atoms in total. The smallest absolute Gasteiger partial charge is 0.230 e. The maximum absolute atomic E-state index is 11.9. The highest BCUT2D eigenvalue weighted by Gasteiger charge is 2.26. The molecule has 126 valence electrons. The average molecular weight is 348 g/mol. The molecule has 0 aliphatic carbocycles. The van der Waals surface area contributed by atoms with Crippen LogP contribution in [0.1, 0.15) is 36.8 Å². The zero-order valence-electron chi connectivity index (χ0n) is 13.5. The summed E-state index contributed by atoms with van der Waals surface area (Å²) in [6.07, 6.45) is 2.25. The van der Waals surface area contributed by atoms with Gasteiger partial charge in [0, 0.05) is 17.9 Å². The lowest BCUT2D eigenvalue weighted by atomic mass is 9.81. The number of aryl methyl sites for hydroxylation is 2. The Labute approximate surface area is 142 Å². The Bertz CT molecular complexity index is 468. The van der Waals surface area contributed by atoms with E-state index >= 15 is 0 Å². The number of rotatable bonds is 6. The highest BCUT2D eigenvalue weighted by molar-refractivity contribution is 7.99. The van der Waals surface area contributed by atoms with Gasteiger partial charge >= 0.3 is 0 Å². The van der Waals surface area contributed by atoms with E-state index in [1.54, 1.807) is 11.8 Å². The Morgan fingerprint density at radius 3 is 2.68 bits per heavy atom. The molecular formula is C15H26ClN3O2S. The molecule has 7 heteroatoms. The number of aromatic nitrogens is 1. The number of carbonyl (C=O) groups is 1. The predicted octanol–water partition coefficient (Wildman–Crippen LogP) is 2.45. The highest BCUT2D eigenvalue weighted by atomic mass is 35.5. The third-order valence-corrected chi connectivity index (χ3v) is 5.14. The summed E-state index contributed by atoms with van der Waals surface area (Å²) in [7, 11) is 0. The number of nitrogens with one attached hydrogen (secondary N) is 2. The first kappa shape index (κ1) is 19.3. The second kappa shape index (κ2) is 8.79. The average Bonchev–Trinajstić information content (AvgIpc) is 2.78. The molecule has 0 aromatic carbocycles. The molecule has 0 atom stereocenters. The molecule has 0 spiro atoms. The molecule has 1 fully saturated rings. The summed E-state index contributed by atoms with van der Waals surface area (Å²) in [4.78, 5) is 11.9. The van der Waals surface area contributed by atoms with Gasteiger partial charge in [0.1, 0.15) is 5.76 Å².